The molecule has 3 rings (SSSR count). The van der Waals surface area contributed by atoms with Gasteiger partial charge in [-0.15, -0.1) is 0 Å². The fourth-order valence-electron chi connectivity index (χ4n) is 3.80. The topological polar surface area (TPSA) is 49.3 Å². The van der Waals surface area contributed by atoms with Crippen LogP contribution in [0.3, 0.4) is 0 Å². The Morgan fingerprint density at radius 2 is 2.05 bits per heavy atom. The highest BCUT2D eigenvalue weighted by molar-refractivity contribution is 9.12. The molecule has 0 bridgehead atoms. The zero-order valence-corrected chi connectivity index (χ0v) is 12.8. The number of carbonyl (C=O) groups is 1. The number of fused-ring (bicyclic) bond motifs is 1. The van der Waals surface area contributed by atoms with Gasteiger partial charge >= 0.3 is 0 Å². The Bertz CT molecular complexity index is 477. The lowest BCUT2D eigenvalue weighted by Crippen LogP contribution is -2.49. The third-order valence-electron chi connectivity index (χ3n) is 4.96. The van der Waals surface area contributed by atoms with Crippen LogP contribution in [0.5, 0.6) is 0 Å². The van der Waals surface area contributed by atoms with E-state index in [4.69, 9.17) is 0 Å². The summed E-state index contributed by atoms with van der Waals surface area (Å²) in [4.78, 5) is 12.4. The molecule has 0 spiro atoms. The van der Waals surface area contributed by atoms with Crippen molar-refractivity contribution in [3.63, 3.8) is 0 Å². The molecule has 0 aromatic heterocycles. The van der Waals surface area contributed by atoms with Gasteiger partial charge in [-0.25, -0.2) is 0 Å². The molecule has 1 saturated heterocycles. The SMILES string of the molecule is CC1=CCC2C(=C1Br)NC(=O)C2(O)C1CCCCC1. The first kappa shape index (κ1) is 13.4. The Morgan fingerprint density at radius 1 is 1.37 bits per heavy atom. The average molecular weight is 326 g/mol. The van der Waals surface area contributed by atoms with Gasteiger partial charge in [-0.3, -0.25) is 4.79 Å². The Labute approximate surface area is 122 Å². The Hall–Kier alpha value is -0.610. The molecule has 19 heavy (non-hydrogen) atoms. The molecule has 2 fully saturated rings. The van der Waals surface area contributed by atoms with Gasteiger partial charge in [0.1, 0.15) is 0 Å². The first-order chi connectivity index (χ1) is 9.05. The summed E-state index contributed by atoms with van der Waals surface area (Å²) in [7, 11) is 0. The van der Waals surface area contributed by atoms with E-state index in [1.807, 2.05) is 6.92 Å². The molecule has 3 aliphatic rings. The third-order valence-corrected chi connectivity index (χ3v) is 6.01. The van der Waals surface area contributed by atoms with Crippen molar-refractivity contribution >= 4 is 21.8 Å². The number of hydrogen-bond donors (Lipinski definition) is 2. The monoisotopic (exact) mass is 325 g/mol. The summed E-state index contributed by atoms with van der Waals surface area (Å²) in [5, 5.41) is 14.0. The number of amides is 1. The van der Waals surface area contributed by atoms with Crippen LogP contribution in [0.1, 0.15) is 45.4 Å². The summed E-state index contributed by atoms with van der Waals surface area (Å²) in [6, 6.07) is 0. The minimum absolute atomic E-state index is 0.0961. The molecule has 104 valence electrons. The molecule has 0 aromatic carbocycles. The van der Waals surface area contributed by atoms with E-state index < -0.39 is 5.60 Å². The summed E-state index contributed by atoms with van der Waals surface area (Å²) in [5.41, 5.74) is 0.823. The molecule has 2 N–H and O–H groups in total. The molecule has 1 aliphatic heterocycles. The van der Waals surface area contributed by atoms with E-state index in [0.717, 1.165) is 47.9 Å². The van der Waals surface area contributed by atoms with Gasteiger partial charge in [-0.2, -0.15) is 0 Å². The minimum atomic E-state index is -1.20. The molecule has 4 heteroatoms. The van der Waals surface area contributed by atoms with E-state index in [1.165, 1.54) is 6.42 Å². The van der Waals surface area contributed by atoms with E-state index in [9.17, 15) is 9.90 Å². The Morgan fingerprint density at radius 3 is 2.74 bits per heavy atom. The van der Waals surface area contributed by atoms with E-state index in [2.05, 4.69) is 27.3 Å². The Balaban J connectivity index is 1.97. The van der Waals surface area contributed by atoms with Crippen LogP contribution in [0, 0.1) is 11.8 Å². The lowest BCUT2D eigenvalue weighted by molar-refractivity contribution is -0.146. The first-order valence-electron chi connectivity index (χ1n) is 7.15. The van der Waals surface area contributed by atoms with E-state index in [0.29, 0.717) is 0 Å². The highest BCUT2D eigenvalue weighted by Gasteiger charge is 2.56. The van der Waals surface area contributed by atoms with Crippen molar-refractivity contribution in [2.75, 3.05) is 0 Å². The summed E-state index contributed by atoms with van der Waals surface area (Å²) in [6.45, 7) is 2.03. The summed E-state index contributed by atoms with van der Waals surface area (Å²) in [6.07, 6.45) is 8.28. The van der Waals surface area contributed by atoms with Gasteiger partial charge < -0.3 is 10.4 Å². The fraction of sp³-hybridized carbons (Fsp3) is 0.667. The number of aliphatic hydroxyl groups is 1. The number of carbonyl (C=O) groups excluding carboxylic acids is 1. The summed E-state index contributed by atoms with van der Waals surface area (Å²) < 4.78 is 0.948. The normalized spacial score (nSPS) is 36.1. The molecule has 2 atom stereocenters. The van der Waals surface area contributed by atoms with Crippen LogP contribution in [-0.2, 0) is 4.79 Å². The molecular weight excluding hydrogens is 306 g/mol. The second kappa shape index (κ2) is 4.74. The predicted molar refractivity (Wildman–Crippen MR) is 77.5 cm³/mol. The van der Waals surface area contributed by atoms with Crippen LogP contribution in [0.25, 0.3) is 0 Å². The van der Waals surface area contributed by atoms with Crippen molar-refractivity contribution in [1.82, 2.24) is 5.32 Å². The van der Waals surface area contributed by atoms with Gasteiger partial charge in [0.15, 0.2) is 5.60 Å². The highest BCUT2D eigenvalue weighted by Crippen LogP contribution is 2.48. The maximum absolute atomic E-state index is 12.4. The van der Waals surface area contributed by atoms with Crippen LogP contribution < -0.4 is 5.32 Å². The number of halogens is 1. The molecular formula is C15H20BrNO2. The predicted octanol–water partition coefficient (Wildman–Crippen LogP) is 3.00. The summed E-state index contributed by atoms with van der Waals surface area (Å²) >= 11 is 3.55. The molecule has 1 saturated carbocycles. The largest absolute Gasteiger partial charge is 0.379 e. The molecule has 2 aliphatic carbocycles. The Kier molecular flexibility index (Phi) is 3.34. The molecule has 1 heterocycles. The number of allylic oxidation sites excluding steroid dienone is 3. The number of hydrogen-bond acceptors (Lipinski definition) is 2. The maximum atomic E-state index is 12.4. The van der Waals surface area contributed by atoms with Crippen LogP contribution >= 0.6 is 15.9 Å². The van der Waals surface area contributed by atoms with Crippen LogP contribution in [-0.4, -0.2) is 16.6 Å². The van der Waals surface area contributed by atoms with E-state index in [1.54, 1.807) is 0 Å². The molecule has 0 aromatic rings. The molecule has 0 radical (unpaired) electrons. The van der Waals surface area contributed by atoms with Crippen LogP contribution in [0.2, 0.25) is 0 Å². The second-order valence-corrected chi connectivity index (χ2v) is 6.81. The number of nitrogens with one attached hydrogen (secondary N) is 1. The van der Waals surface area contributed by atoms with Gasteiger partial charge in [0.25, 0.3) is 5.91 Å². The van der Waals surface area contributed by atoms with E-state index >= 15 is 0 Å². The van der Waals surface area contributed by atoms with Crippen molar-refractivity contribution in [2.45, 2.75) is 51.0 Å². The molecule has 3 nitrogen and oxygen atoms in total. The van der Waals surface area contributed by atoms with Crippen LogP contribution in [0.15, 0.2) is 21.8 Å². The first-order valence-corrected chi connectivity index (χ1v) is 7.95. The summed E-state index contributed by atoms with van der Waals surface area (Å²) in [5.74, 6) is -0.184. The van der Waals surface area contributed by atoms with Crippen molar-refractivity contribution in [3.8, 4) is 0 Å². The second-order valence-electron chi connectivity index (χ2n) is 6.02. The fourth-order valence-corrected chi connectivity index (χ4v) is 4.34. The van der Waals surface area contributed by atoms with Gasteiger partial charge in [-0.05, 0) is 53.6 Å². The average Bonchev–Trinajstić information content (AvgIpc) is 2.69. The van der Waals surface area contributed by atoms with E-state index in [-0.39, 0.29) is 17.7 Å². The van der Waals surface area contributed by atoms with Crippen molar-refractivity contribution in [1.29, 1.82) is 0 Å². The zero-order valence-electron chi connectivity index (χ0n) is 11.2. The van der Waals surface area contributed by atoms with Crippen LogP contribution in [0.4, 0.5) is 0 Å². The zero-order chi connectivity index (χ0) is 13.6. The third kappa shape index (κ3) is 1.91. The molecule has 2 unspecified atom stereocenters. The van der Waals surface area contributed by atoms with Gasteiger partial charge in [0, 0.05) is 16.1 Å². The van der Waals surface area contributed by atoms with Gasteiger partial charge in [0.05, 0.1) is 0 Å². The number of rotatable bonds is 1. The van der Waals surface area contributed by atoms with Crippen molar-refractivity contribution in [2.24, 2.45) is 11.8 Å². The smallest absolute Gasteiger partial charge is 0.257 e. The van der Waals surface area contributed by atoms with Crippen molar-refractivity contribution < 1.29 is 9.90 Å². The van der Waals surface area contributed by atoms with Gasteiger partial charge in [0.2, 0.25) is 0 Å². The molecule has 1 amide bonds. The van der Waals surface area contributed by atoms with Gasteiger partial charge in [-0.1, -0.05) is 25.3 Å². The lowest BCUT2D eigenvalue weighted by atomic mass is 9.69. The minimum Gasteiger partial charge on any atom is -0.379 e. The highest BCUT2D eigenvalue weighted by atomic mass is 79.9. The van der Waals surface area contributed by atoms with Crippen molar-refractivity contribution in [3.05, 3.63) is 21.8 Å². The maximum Gasteiger partial charge on any atom is 0.257 e. The standard InChI is InChI=1S/C15H20BrNO2/c1-9-7-8-11-13(12(9)16)17-14(18)15(11,19)10-5-3-2-4-6-10/h7,10-11,19H,2-6,8H2,1H3,(H,17,18). The quantitative estimate of drug-likeness (QED) is 0.778. The lowest BCUT2D eigenvalue weighted by Gasteiger charge is -2.37.